The quantitative estimate of drug-likeness (QED) is 0.695. The Morgan fingerprint density at radius 1 is 1.21 bits per heavy atom. The predicted octanol–water partition coefficient (Wildman–Crippen LogP) is 1.10. The topological polar surface area (TPSA) is 24.5 Å². The highest BCUT2D eigenvalue weighted by molar-refractivity contribution is 4.74. The molecule has 1 fully saturated rings. The van der Waals surface area contributed by atoms with Crippen LogP contribution in [-0.4, -0.2) is 50.3 Å². The number of hydrogen-bond donors (Lipinski definition) is 1. The normalized spacial score (nSPS) is 22.5. The molecular weight excluding hydrogens is 176 g/mol. The van der Waals surface area contributed by atoms with Crippen molar-refractivity contribution < 1.29 is 4.74 Å². The molecule has 0 aromatic heterocycles. The maximum atomic E-state index is 5.18. The van der Waals surface area contributed by atoms with E-state index >= 15 is 0 Å². The first-order valence-corrected chi connectivity index (χ1v) is 5.71. The van der Waals surface area contributed by atoms with E-state index in [0.717, 1.165) is 13.1 Å². The van der Waals surface area contributed by atoms with Crippen LogP contribution in [0.4, 0.5) is 0 Å². The molecule has 2 atom stereocenters. The summed E-state index contributed by atoms with van der Waals surface area (Å²) in [6, 6.07) is 0.668. The first kappa shape index (κ1) is 12.0. The fourth-order valence-electron chi connectivity index (χ4n) is 1.89. The number of rotatable bonds is 6. The van der Waals surface area contributed by atoms with Gasteiger partial charge in [0.25, 0.3) is 0 Å². The molecule has 3 nitrogen and oxygen atoms in total. The molecule has 2 unspecified atom stereocenters. The van der Waals surface area contributed by atoms with Crippen molar-refractivity contribution >= 4 is 0 Å². The highest BCUT2D eigenvalue weighted by atomic mass is 16.5. The van der Waals surface area contributed by atoms with Crippen LogP contribution in [0.1, 0.15) is 26.7 Å². The molecule has 0 aromatic carbocycles. The van der Waals surface area contributed by atoms with Gasteiger partial charge in [0.05, 0.1) is 6.10 Å². The molecule has 0 aliphatic carbocycles. The zero-order valence-electron chi connectivity index (χ0n) is 9.75. The summed E-state index contributed by atoms with van der Waals surface area (Å²) < 4.78 is 5.18. The van der Waals surface area contributed by atoms with Gasteiger partial charge in [-0.2, -0.15) is 0 Å². The minimum absolute atomic E-state index is 0.320. The number of likely N-dealkylation sites (tertiary alicyclic amines) is 1. The van der Waals surface area contributed by atoms with Crippen LogP contribution in [0.15, 0.2) is 0 Å². The Morgan fingerprint density at radius 2 is 1.86 bits per heavy atom. The Hall–Kier alpha value is -0.120. The molecule has 1 aliphatic heterocycles. The van der Waals surface area contributed by atoms with Crippen molar-refractivity contribution in [2.24, 2.45) is 0 Å². The Balaban J connectivity index is 2.05. The van der Waals surface area contributed by atoms with E-state index in [1.54, 1.807) is 7.11 Å². The summed E-state index contributed by atoms with van der Waals surface area (Å²) in [5.41, 5.74) is 0. The molecule has 1 heterocycles. The molecule has 1 saturated heterocycles. The lowest BCUT2D eigenvalue weighted by molar-refractivity contribution is 0.114. The summed E-state index contributed by atoms with van der Waals surface area (Å²) in [5, 5.41) is 3.45. The van der Waals surface area contributed by atoms with Gasteiger partial charge < -0.3 is 10.1 Å². The molecule has 0 saturated carbocycles. The van der Waals surface area contributed by atoms with Crippen LogP contribution >= 0.6 is 0 Å². The molecule has 0 radical (unpaired) electrons. The van der Waals surface area contributed by atoms with Crippen LogP contribution in [0.5, 0.6) is 0 Å². The van der Waals surface area contributed by atoms with E-state index < -0.39 is 0 Å². The third-order valence-corrected chi connectivity index (χ3v) is 3.04. The molecule has 1 rings (SSSR count). The van der Waals surface area contributed by atoms with Crippen LogP contribution in [0.2, 0.25) is 0 Å². The van der Waals surface area contributed by atoms with E-state index in [0.29, 0.717) is 12.1 Å². The third kappa shape index (κ3) is 3.95. The van der Waals surface area contributed by atoms with Crippen molar-refractivity contribution in [1.29, 1.82) is 0 Å². The maximum Gasteiger partial charge on any atom is 0.0667 e. The summed E-state index contributed by atoms with van der Waals surface area (Å²) >= 11 is 0. The zero-order chi connectivity index (χ0) is 10.4. The second-order valence-corrected chi connectivity index (χ2v) is 4.30. The van der Waals surface area contributed by atoms with Crippen molar-refractivity contribution in [3.63, 3.8) is 0 Å². The smallest absolute Gasteiger partial charge is 0.0667 e. The van der Waals surface area contributed by atoms with Gasteiger partial charge in [-0.3, -0.25) is 4.90 Å². The van der Waals surface area contributed by atoms with Crippen LogP contribution in [-0.2, 0) is 4.74 Å². The summed E-state index contributed by atoms with van der Waals surface area (Å²) in [6.07, 6.45) is 3.07. The molecule has 1 aliphatic rings. The first-order valence-electron chi connectivity index (χ1n) is 5.71. The number of nitrogens with one attached hydrogen (secondary N) is 1. The Bertz CT molecular complexity index is 146. The molecular formula is C11H24N2O. The van der Waals surface area contributed by atoms with Crippen molar-refractivity contribution in [3.8, 4) is 0 Å². The van der Waals surface area contributed by atoms with Gasteiger partial charge in [-0.05, 0) is 39.8 Å². The standard InChI is InChI=1S/C11H24N2O/c1-10(13-6-4-5-7-13)8-12-9-11(2)14-3/h10-12H,4-9H2,1-3H3. The molecule has 0 aromatic rings. The zero-order valence-corrected chi connectivity index (χ0v) is 9.75. The highest BCUT2D eigenvalue weighted by Gasteiger charge is 2.17. The van der Waals surface area contributed by atoms with Gasteiger partial charge in [0.15, 0.2) is 0 Å². The third-order valence-electron chi connectivity index (χ3n) is 3.04. The number of nitrogens with zero attached hydrogens (tertiary/aromatic N) is 1. The van der Waals surface area contributed by atoms with Crippen LogP contribution in [0.25, 0.3) is 0 Å². The fraction of sp³-hybridized carbons (Fsp3) is 1.00. The van der Waals surface area contributed by atoms with Crippen molar-refractivity contribution in [2.45, 2.75) is 38.8 Å². The van der Waals surface area contributed by atoms with E-state index in [2.05, 4.69) is 24.1 Å². The number of methoxy groups -OCH3 is 1. The summed E-state index contributed by atoms with van der Waals surface area (Å²) in [4.78, 5) is 2.56. The Labute approximate surface area is 87.8 Å². The summed E-state index contributed by atoms with van der Waals surface area (Å²) in [6.45, 7) is 8.98. The van der Waals surface area contributed by atoms with E-state index in [-0.39, 0.29) is 0 Å². The first-order chi connectivity index (χ1) is 6.74. The number of ether oxygens (including phenoxy) is 1. The summed E-state index contributed by atoms with van der Waals surface area (Å²) in [5.74, 6) is 0. The Morgan fingerprint density at radius 3 is 2.43 bits per heavy atom. The second kappa shape index (κ2) is 6.38. The fourth-order valence-corrected chi connectivity index (χ4v) is 1.89. The average molecular weight is 200 g/mol. The highest BCUT2D eigenvalue weighted by Crippen LogP contribution is 2.10. The van der Waals surface area contributed by atoms with Gasteiger partial charge in [0.1, 0.15) is 0 Å². The van der Waals surface area contributed by atoms with Gasteiger partial charge >= 0.3 is 0 Å². The van der Waals surface area contributed by atoms with E-state index in [1.165, 1.54) is 25.9 Å². The number of hydrogen-bond acceptors (Lipinski definition) is 3. The van der Waals surface area contributed by atoms with Crippen molar-refractivity contribution in [1.82, 2.24) is 10.2 Å². The van der Waals surface area contributed by atoms with Crippen molar-refractivity contribution in [3.05, 3.63) is 0 Å². The van der Waals surface area contributed by atoms with Crippen molar-refractivity contribution in [2.75, 3.05) is 33.3 Å². The lowest BCUT2D eigenvalue weighted by Gasteiger charge is -2.24. The second-order valence-electron chi connectivity index (χ2n) is 4.30. The molecule has 1 N–H and O–H groups in total. The molecule has 84 valence electrons. The van der Waals surface area contributed by atoms with Crippen LogP contribution in [0, 0.1) is 0 Å². The lowest BCUT2D eigenvalue weighted by Crippen LogP contribution is -2.40. The maximum absolute atomic E-state index is 5.18. The molecule has 14 heavy (non-hydrogen) atoms. The average Bonchev–Trinajstić information content (AvgIpc) is 2.70. The van der Waals surface area contributed by atoms with E-state index in [4.69, 9.17) is 4.74 Å². The molecule has 3 heteroatoms. The Kier molecular flexibility index (Phi) is 5.45. The van der Waals surface area contributed by atoms with Gasteiger partial charge in [-0.1, -0.05) is 0 Å². The molecule has 0 amide bonds. The van der Waals surface area contributed by atoms with Gasteiger partial charge in [0.2, 0.25) is 0 Å². The SMILES string of the molecule is COC(C)CNCC(C)N1CCCC1. The largest absolute Gasteiger partial charge is 0.380 e. The molecule has 0 spiro atoms. The van der Waals surface area contributed by atoms with Gasteiger partial charge in [0, 0.05) is 26.2 Å². The van der Waals surface area contributed by atoms with E-state index in [9.17, 15) is 0 Å². The monoisotopic (exact) mass is 200 g/mol. The van der Waals surface area contributed by atoms with Crippen LogP contribution < -0.4 is 5.32 Å². The van der Waals surface area contributed by atoms with Crippen LogP contribution in [0.3, 0.4) is 0 Å². The predicted molar refractivity (Wildman–Crippen MR) is 59.6 cm³/mol. The van der Waals surface area contributed by atoms with Gasteiger partial charge in [-0.15, -0.1) is 0 Å². The lowest BCUT2D eigenvalue weighted by atomic mass is 10.3. The van der Waals surface area contributed by atoms with Gasteiger partial charge in [-0.25, -0.2) is 0 Å². The molecule has 0 bridgehead atoms. The summed E-state index contributed by atoms with van der Waals surface area (Å²) in [7, 11) is 1.76. The minimum Gasteiger partial charge on any atom is -0.380 e. The minimum atomic E-state index is 0.320. The van der Waals surface area contributed by atoms with E-state index in [1.807, 2.05) is 0 Å².